The summed E-state index contributed by atoms with van der Waals surface area (Å²) < 4.78 is 7.39. The number of hydrogen-bond donors (Lipinski definition) is 0. The molecule has 0 bridgehead atoms. The summed E-state index contributed by atoms with van der Waals surface area (Å²) in [6, 6.07) is 6.45. The smallest absolute Gasteiger partial charge is 0.156 e. The van der Waals surface area contributed by atoms with Gasteiger partial charge in [0, 0.05) is 32.1 Å². The number of pyridine rings is 1. The minimum atomic E-state index is 0.431. The van der Waals surface area contributed by atoms with E-state index in [4.69, 9.17) is 14.8 Å². The van der Waals surface area contributed by atoms with E-state index in [9.17, 15) is 0 Å². The molecule has 1 atom stereocenters. The van der Waals surface area contributed by atoms with E-state index >= 15 is 0 Å². The monoisotopic (exact) mass is 369 g/mol. The average Bonchev–Trinajstić information content (AvgIpc) is 3.42. The Morgan fingerprint density at radius 2 is 2.08 bits per heavy atom. The highest BCUT2D eigenvalue weighted by molar-refractivity contribution is 7.07. The Labute approximate surface area is 157 Å². The number of ether oxygens (including phenoxy) is 1. The molecule has 5 rings (SSSR count). The predicted molar refractivity (Wildman–Crippen MR) is 103 cm³/mol. The first kappa shape index (κ1) is 16.2. The lowest BCUT2D eigenvalue weighted by Crippen LogP contribution is -2.36. The zero-order chi connectivity index (χ0) is 17.3. The third-order valence-electron chi connectivity index (χ3n) is 5.33. The standard InChI is InChI=1S/C19H23N5OS/c1-2-18-20-19(16-3-5-22(12-16)11-15-4-10-26-14-15)21-24(18)13-17(1)23-6-8-25-9-7-23/h1-2,4,10,13-14,16H,3,5-9,11-12H2. The van der Waals surface area contributed by atoms with Gasteiger partial charge in [0.15, 0.2) is 11.5 Å². The molecule has 2 fully saturated rings. The topological polar surface area (TPSA) is 45.9 Å². The maximum atomic E-state index is 5.45. The molecular formula is C19H23N5OS. The van der Waals surface area contributed by atoms with Crippen molar-refractivity contribution in [3.63, 3.8) is 0 Å². The molecule has 2 saturated heterocycles. The number of thiophene rings is 1. The number of anilines is 1. The van der Waals surface area contributed by atoms with Gasteiger partial charge in [-0.1, -0.05) is 0 Å². The van der Waals surface area contributed by atoms with Gasteiger partial charge >= 0.3 is 0 Å². The third-order valence-corrected chi connectivity index (χ3v) is 6.06. The Balaban J connectivity index is 1.31. The van der Waals surface area contributed by atoms with Gasteiger partial charge in [-0.15, -0.1) is 0 Å². The second-order valence-corrected chi connectivity index (χ2v) is 7.89. The van der Waals surface area contributed by atoms with Crippen LogP contribution in [0.4, 0.5) is 5.69 Å². The van der Waals surface area contributed by atoms with Gasteiger partial charge < -0.3 is 9.64 Å². The second kappa shape index (κ2) is 6.98. The van der Waals surface area contributed by atoms with Crippen molar-refractivity contribution >= 4 is 22.7 Å². The van der Waals surface area contributed by atoms with E-state index in [1.54, 1.807) is 11.3 Å². The Morgan fingerprint density at radius 1 is 1.15 bits per heavy atom. The van der Waals surface area contributed by atoms with Crippen LogP contribution in [0.5, 0.6) is 0 Å². The van der Waals surface area contributed by atoms with Crippen LogP contribution < -0.4 is 4.90 Å². The summed E-state index contributed by atoms with van der Waals surface area (Å²) in [6.07, 6.45) is 3.24. The third kappa shape index (κ3) is 3.22. The first-order valence-corrected chi connectivity index (χ1v) is 10.2. The van der Waals surface area contributed by atoms with Crippen LogP contribution >= 0.6 is 11.3 Å². The van der Waals surface area contributed by atoms with Crippen molar-refractivity contribution in [2.45, 2.75) is 18.9 Å². The summed E-state index contributed by atoms with van der Waals surface area (Å²) in [5.74, 6) is 1.41. The lowest BCUT2D eigenvalue weighted by atomic mass is 10.1. The van der Waals surface area contributed by atoms with E-state index in [1.807, 2.05) is 4.52 Å². The average molecular weight is 369 g/mol. The maximum absolute atomic E-state index is 5.45. The number of morpholine rings is 1. The number of likely N-dealkylation sites (tertiary alicyclic amines) is 1. The Kier molecular flexibility index (Phi) is 4.36. The summed E-state index contributed by atoms with van der Waals surface area (Å²) in [7, 11) is 0. The summed E-state index contributed by atoms with van der Waals surface area (Å²) in [5, 5.41) is 9.20. The largest absolute Gasteiger partial charge is 0.378 e. The predicted octanol–water partition coefficient (Wildman–Crippen LogP) is 2.62. The molecule has 0 aliphatic carbocycles. The van der Waals surface area contributed by atoms with Crippen LogP contribution in [0, 0.1) is 0 Å². The Morgan fingerprint density at radius 3 is 2.92 bits per heavy atom. The fourth-order valence-electron chi connectivity index (χ4n) is 3.90. The molecule has 3 aromatic heterocycles. The molecule has 7 heteroatoms. The van der Waals surface area contributed by atoms with E-state index in [-0.39, 0.29) is 0 Å². The van der Waals surface area contributed by atoms with Gasteiger partial charge in [0.2, 0.25) is 0 Å². The first-order valence-electron chi connectivity index (χ1n) is 9.27. The zero-order valence-corrected chi connectivity index (χ0v) is 15.6. The SMILES string of the molecule is c1cc(CN2CCC(c3nc4ccc(N5CCOCC5)cn4n3)C2)cs1. The van der Waals surface area contributed by atoms with Crippen molar-refractivity contribution in [1.82, 2.24) is 19.5 Å². The van der Waals surface area contributed by atoms with Crippen LogP contribution in [0.15, 0.2) is 35.2 Å². The molecule has 0 N–H and O–H groups in total. The Hall–Kier alpha value is -1.96. The van der Waals surface area contributed by atoms with E-state index in [1.165, 1.54) is 11.3 Å². The molecule has 3 aromatic rings. The molecule has 0 amide bonds. The maximum Gasteiger partial charge on any atom is 0.156 e. The van der Waals surface area contributed by atoms with E-state index in [0.717, 1.165) is 63.8 Å². The van der Waals surface area contributed by atoms with Crippen molar-refractivity contribution in [2.24, 2.45) is 0 Å². The lowest BCUT2D eigenvalue weighted by molar-refractivity contribution is 0.122. The van der Waals surface area contributed by atoms with Crippen molar-refractivity contribution in [3.05, 3.63) is 46.5 Å². The fraction of sp³-hybridized carbons (Fsp3) is 0.474. The van der Waals surface area contributed by atoms with Gasteiger partial charge in [-0.25, -0.2) is 9.50 Å². The van der Waals surface area contributed by atoms with Crippen molar-refractivity contribution < 1.29 is 4.74 Å². The number of rotatable bonds is 4. The van der Waals surface area contributed by atoms with E-state index in [2.05, 4.69) is 45.0 Å². The van der Waals surface area contributed by atoms with Crippen LogP contribution in [0.3, 0.4) is 0 Å². The molecule has 0 aromatic carbocycles. The molecule has 2 aliphatic rings. The van der Waals surface area contributed by atoms with Gasteiger partial charge in [-0.05, 0) is 47.5 Å². The number of aromatic nitrogens is 3. The second-order valence-electron chi connectivity index (χ2n) is 7.11. The van der Waals surface area contributed by atoms with E-state index < -0.39 is 0 Å². The zero-order valence-electron chi connectivity index (χ0n) is 14.8. The van der Waals surface area contributed by atoms with Crippen LogP contribution in [-0.2, 0) is 11.3 Å². The number of fused-ring (bicyclic) bond motifs is 1. The molecule has 26 heavy (non-hydrogen) atoms. The van der Waals surface area contributed by atoms with Crippen LogP contribution in [0.1, 0.15) is 23.7 Å². The molecule has 0 saturated carbocycles. The summed E-state index contributed by atoms with van der Waals surface area (Å²) >= 11 is 1.77. The molecule has 136 valence electrons. The first-order chi connectivity index (χ1) is 12.8. The summed E-state index contributed by atoms with van der Waals surface area (Å²) in [6.45, 7) is 6.67. The van der Waals surface area contributed by atoms with Gasteiger partial charge in [0.1, 0.15) is 0 Å². The quantitative estimate of drug-likeness (QED) is 0.707. The fourth-order valence-corrected chi connectivity index (χ4v) is 4.56. The number of nitrogens with zero attached hydrogens (tertiary/aromatic N) is 5. The van der Waals surface area contributed by atoms with Crippen LogP contribution in [0.2, 0.25) is 0 Å². The molecule has 0 radical (unpaired) electrons. The molecule has 6 nitrogen and oxygen atoms in total. The minimum Gasteiger partial charge on any atom is -0.378 e. The molecule has 5 heterocycles. The molecule has 0 spiro atoms. The summed E-state index contributed by atoms with van der Waals surface area (Å²) in [5.41, 5.74) is 3.55. The highest BCUT2D eigenvalue weighted by Crippen LogP contribution is 2.27. The summed E-state index contributed by atoms with van der Waals surface area (Å²) in [4.78, 5) is 9.66. The van der Waals surface area contributed by atoms with Crippen LogP contribution in [0.25, 0.3) is 5.65 Å². The van der Waals surface area contributed by atoms with Crippen LogP contribution in [-0.4, -0.2) is 58.9 Å². The molecule has 1 unspecified atom stereocenters. The Bertz CT molecular complexity index is 871. The van der Waals surface area contributed by atoms with Crippen molar-refractivity contribution in [2.75, 3.05) is 44.3 Å². The van der Waals surface area contributed by atoms with Gasteiger partial charge in [-0.3, -0.25) is 4.90 Å². The van der Waals surface area contributed by atoms with Crippen molar-refractivity contribution in [1.29, 1.82) is 0 Å². The highest BCUT2D eigenvalue weighted by atomic mass is 32.1. The molecule has 2 aliphatic heterocycles. The van der Waals surface area contributed by atoms with Gasteiger partial charge in [-0.2, -0.15) is 16.4 Å². The number of hydrogen-bond acceptors (Lipinski definition) is 6. The lowest BCUT2D eigenvalue weighted by Gasteiger charge is -2.28. The highest BCUT2D eigenvalue weighted by Gasteiger charge is 2.27. The normalized spacial score (nSPS) is 21.7. The van der Waals surface area contributed by atoms with E-state index in [0.29, 0.717) is 5.92 Å². The van der Waals surface area contributed by atoms with Gasteiger partial charge in [0.05, 0.1) is 25.1 Å². The molecular weight excluding hydrogens is 346 g/mol. The van der Waals surface area contributed by atoms with Crippen molar-refractivity contribution in [3.8, 4) is 0 Å². The van der Waals surface area contributed by atoms with Gasteiger partial charge in [0.25, 0.3) is 0 Å². The minimum absolute atomic E-state index is 0.431.